The lowest BCUT2D eigenvalue weighted by Crippen LogP contribution is -2.36. The molecule has 1 aliphatic rings. The molecule has 2 aromatic rings. The summed E-state index contributed by atoms with van der Waals surface area (Å²) in [6, 6.07) is 8.70. The van der Waals surface area contributed by atoms with Crippen molar-refractivity contribution in [3.63, 3.8) is 0 Å². The second-order valence-corrected chi connectivity index (χ2v) is 4.80. The van der Waals surface area contributed by atoms with E-state index < -0.39 is 0 Å². The first-order valence-electron chi connectivity index (χ1n) is 5.11. The van der Waals surface area contributed by atoms with Crippen LogP contribution in [-0.2, 0) is 6.54 Å². The Morgan fingerprint density at radius 1 is 1.21 bits per heavy atom. The van der Waals surface area contributed by atoms with Gasteiger partial charge in [0.05, 0.1) is 0 Å². The van der Waals surface area contributed by atoms with Gasteiger partial charge in [-0.3, -0.25) is 4.90 Å². The maximum atomic E-state index is 2.51. The smallest absolute Gasteiger partial charge is 0.0346 e. The quantitative estimate of drug-likeness (QED) is 0.725. The highest BCUT2D eigenvalue weighted by Crippen LogP contribution is 2.27. The highest BCUT2D eigenvalue weighted by molar-refractivity contribution is 7.17. The van der Waals surface area contributed by atoms with Crippen molar-refractivity contribution in [2.75, 3.05) is 13.1 Å². The molecule has 14 heavy (non-hydrogen) atoms. The van der Waals surface area contributed by atoms with Crippen molar-refractivity contribution in [3.05, 3.63) is 35.2 Å². The first-order valence-corrected chi connectivity index (χ1v) is 5.99. The first kappa shape index (κ1) is 8.45. The van der Waals surface area contributed by atoms with Crippen LogP contribution in [-0.4, -0.2) is 18.0 Å². The fourth-order valence-corrected chi connectivity index (χ4v) is 2.89. The van der Waals surface area contributed by atoms with E-state index in [1.807, 2.05) is 11.3 Å². The molecular formula is C12H13NS. The van der Waals surface area contributed by atoms with E-state index in [-0.39, 0.29) is 0 Å². The standard InChI is InChI=1S/C12H13NS/c1-2-5-12-11(4-1)10(9-14-12)8-13-6-3-7-13/h1-2,4-5,9H,3,6-8H2. The van der Waals surface area contributed by atoms with Gasteiger partial charge in [-0.15, -0.1) is 11.3 Å². The molecule has 0 saturated carbocycles. The van der Waals surface area contributed by atoms with Crippen LogP contribution in [0, 0.1) is 0 Å². The lowest BCUT2D eigenvalue weighted by atomic mass is 10.1. The Bertz CT molecular complexity index is 442. The molecule has 1 aromatic carbocycles. The van der Waals surface area contributed by atoms with Gasteiger partial charge in [-0.05, 0) is 41.9 Å². The topological polar surface area (TPSA) is 3.24 Å². The van der Waals surface area contributed by atoms with Crippen molar-refractivity contribution in [1.29, 1.82) is 0 Å². The van der Waals surface area contributed by atoms with Crippen LogP contribution in [0.3, 0.4) is 0 Å². The summed E-state index contributed by atoms with van der Waals surface area (Å²) in [6.45, 7) is 3.71. The fourth-order valence-electron chi connectivity index (χ4n) is 1.94. The summed E-state index contributed by atoms with van der Waals surface area (Å²) >= 11 is 1.86. The van der Waals surface area contributed by atoms with E-state index in [1.54, 1.807) is 0 Å². The lowest BCUT2D eigenvalue weighted by Gasteiger charge is -2.30. The average Bonchev–Trinajstić information content (AvgIpc) is 2.55. The van der Waals surface area contributed by atoms with Crippen molar-refractivity contribution < 1.29 is 0 Å². The molecule has 1 aliphatic heterocycles. The van der Waals surface area contributed by atoms with Gasteiger partial charge >= 0.3 is 0 Å². The zero-order valence-electron chi connectivity index (χ0n) is 8.07. The molecule has 0 N–H and O–H groups in total. The van der Waals surface area contributed by atoms with Gasteiger partial charge in [-0.25, -0.2) is 0 Å². The number of hydrogen-bond donors (Lipinski definition) is 0. The third-order valence-electron chi connectivity index (χ3n) is 2.90. The van der Waals surface area contributed by atoms with Crippen LogP contribution in [0.2, 0.25) is 0 Å². The summed E-state index contributed by atoms with van der Waals surface area (Å²) in [5.74, 6) is 0. The highest BCUT2D eigenvalue weighted by atomic mass is 32.1. The Morgan fingerprint density at radius 2 is 2.07 bits per heavy atom. The predicted molar refractivity (Wildman–Crippen MR) is 61.7 cm³/mol. The van der Waals surface area contributed by atoms with Crippen LogP contribution in [0.15, 0.2) is 29.6 Å². The Balaban J connectivity index is 1.95. The zero-order chi connectivity index (χ0) is 9.38. The van der Waals surface area contributed by atoms with E-state index in [0.717, 1.165) is 6.54 Å². The second-order valence-electron chi connectivity index (χ2n) is 3.89. The van der Waals surface area contributed by atoms with Gasteiger partial charge in [0.15, 0.2) is 0 Å². The summed E-state index contributed by atoms with van der Waals surface area (Å²) in [5.41, 5.74) is 1.50. The van der Waals surface area contributed by atoms with Crippen LogP contribution in [0.25, 0.3) is 10.1 Å². The van der Waals surface area contributed by atoms with Crippen molar-refractivity contribution >= 4 is 21.4 Å². The van der Waals surface area contributed by atoms with Gasteiger partial charge in [0, 0.05) is 11.2 Å². The molecule has 0 aliphatic carbocycles. The molecule has 0 atom stereocenters. The fraction of sp³-hybridized carbons (Fsp3) is 0.333. The molecule has 1 nitrogen and oxygen atoms in total. The number of rotatable bonds is 2. The normalized spacial score (nSPS) is 17.1. The molecule has 1 aromatic heterocycles. The number of benzene rings is 1. The molecule has 1 saturated heterocycles. The maximum absolute atomic E-state index is 2.51. The maximum Gasteiger partial charge on any atom is 0.0346 e. The molecule has 3 rings (SSSR count). The van der Waals surface area contributed by atoms with Gasteiger partial charge in [0.1, 0.15) is 0 Å². The van der Waals surface area contributed by atoms with E-state index >= 15 is 0 Å². The highest BCUT2D eigenvalue weighted by Gasteiger charge is 2.15. The molecule has 0 bridgehead atoms. The summed E-state index contributed by atoms with van der Waals surface area (Å²) in [4.78, 5) is 2.51. The molecule has 0 unspecified atom stereocenters. The van der Waals surface area contributed by atoms with E-state index in [2.05, 4.69) is 34.5 Å². The van der Waals surface area contributed by atoms with E-state index in [1.165, 1.54) is 35.2 Å². The number of hydrogen-bond acceptors (Lipinski definition) is 2. The Morgan fingerprint density at radius 3 is 2.86 bits per heavy atom. The lowest BCUT2D eigenvalue weighted by molar-refractivity contribution is 0.173. The van der Waals surface area contributed by atoms with Crippen LogP contribution in [0.4, 0.5) is 0 Å². The molecule has 0 spiro atoms. The van der Waals surface area contributed by atoms with E-state index in [4.69, 9.17) is 0 Å². The molecule has 2 heteroatoms. The van der Waals surface area contributed by atoms with Crippen molar-refractivity contribution in [2.45, 2.75) is 13.0 Å². The van der Waals surface area contributed by atoms with E-state index in [9.17, 15) is 0 Å². The summed E-state index contributed by atoms with van der Waals surface area (Å²) < 4.78 is 1.42. The first-order chi connectivity index (χ1) is 6.93. The summed E-state index contributed by atoms with van der Waals surface area (Å²) in [6.07, 6.45) is 1.38. The third kappa shape index (κ3) is 1.35. The zero-order valence-corrected chi connectivity index (χ0v) is 8.89. The third-order valence-corrected chi connectivity index (χ3v) is 3.92. The van der Waals surface area contributed by atoms with Crippen molar-refractivity contribution in [1.82, 2.24) is 4.90 Å². The molecule has 72 valence electrons. The van der Waals surface area contributed by atoms with Crippen LogP contribution in [0.5, 0.6) is 0 Å². The van der Waals surface area contributed by atoms with E-state index in [0.29, 0.717) is 0 Å². The van der Waals surface area contributed by atoms with Gasteiger partial charge < -0.3 is 0 Å². The molecule has 0 radical (unpaired) electrons. The van der Waals surface area contributed by atoms with Gasteiger partial charge in [0.2, 0.25) is 0 Å². The molecule has 1 fully saturated rings. The average molecular weight is 203 g/mol. The van der Waals surface area contributed by atoms with Gasteiger partial charge in [-0.1, -0.05) is 18.2 Å². The van der Waals surface area contributed by atoms with Crippen molar-refractivity contribution in [3.8, 4) is 0 Å². The number of likely N-dealkylation sites (tertiary alicyclic amines) is 1. The van der Waals surface area contributed by atoms with Crippen LogP contribution in [0.1, 0.15) is 12.0 Å². The van der Waals surface area contributed by atoms with Crippen molar-refractivity contribution in [2.24, 2.45) is 0 Å². The van der Waals surface area contributed by atoms with Gasteiger partial charge in [-0.2, -0.15) is 0 Å². The Kier molecular flexibility index (Phi) is 2.03. The SMILES string of the molecule is c1ccc2c(CN3CCC3)csc2c1. The summed E-state index contributed by atoms with van der Waals surface area (Å²) in [5, 5.41) is 3.76. The second kappa shape index (κ2) is 3.37. The number of fused-ring (bicyclic) bond motifs is 1. The largest absolute Gasteiger partial charge is 0.299 e. The predicted octanol–water partition coefficient (Wildman–Crippen LogP) is 3.11. The number of nitrogens with zero attached hydrogens (tertiary/aromatic N) is 1. The molecule has 0 amide bonds. The minimum Gasteiger partial charge on any atom is -0.299 e. The Hall–Kier alpha value is -0.860. The van der Waals surface area contributed by atoms with Gasteiger partial charge in [0.25, 0.3) is 0 Å². The van der Waals surface area contributed by atoms with Crippen LogP contribution >= 0.6 is 11.3 Å². The monoisotopic (exact) mass is 203 g/mol. The number of thiophene rings is 1. The molecular weight excluding hydrogens is 190 g/mol. The minimum atomic E-state index is 1.14. The summed E-state index contributed by atoms with van der Waals surface area (Å²) in [7, 11) is 0. The molecule has 2 heterocycles. The minimum absolute atomic E-state index is 1.14. The Labute approximate surface area is 88.0 Å². The van der Waals surface area contributed by atoms with Crippen LogP contribution < -0.4 is 0 Å².